The van der Waals surface area contributed by atoms with Crippen molar-refractivity contribution in [1.82, 2.24) is 4.57 Å². The molecule has 4 aromatic rings. The Kier molecular flexibility index (Phi) is 8.80. The smallest absolute Gasteiger partial charge is 0.338 e. The molecular weight excluding hydrogens is 616 g/mol. The van der Waals surface area contributed by atoms with Gasteiger partial charge in [-0.2, -0.15) is 0 Å². The van der Waals surface area contributed by atoms with Crippen molar-refractivity contribution in [2.45, 2.75) is 40.3 Å². The van der Waals surface area contributed by atoms with E-state index in [-0.39, 0.29) is 12.2 Å². The number of aromatic nitrogens is 1. The van der Waals surface area contributed by atoms with Gasteiger partial charge in [0.2, 0.25) is 0 Å². The van der Waals surface area contributed by atoms with Gasteiger partial charge < -0.3 is 14.2 Å². The zero-order valence-electron chi connectivity index (χ0n) is 24.1. The van der Waals surface area contributed by atoms with Crippen LogP contribution < -0.4 is 24.4 Å². The summed E-state index contributed by atoms with van der Waals surface area (Å²) >= 11 is 4.92. The first-order chi connectivity index (χ1) is 20.2. The van der Waals surface area contributed by atoms with E-state index in [1.54, 1.807) is 31.6 Å². The van der Waals surface area contributed by atoms with Gasteiger partial charge in [-0.25, -0.2) is 9.79 Å². The van der Waals surface area contributed by atoms with Gasteiger partial charge in [0, 0.05) is 4.47 Å². The Bertz CT molecular complexity index is 1850. The zero-order valence-corrected chi connectivity index (χ0v) is 26.5. The van der Waals surface area contributed by atoms with E-state index in [4.69, 9.17) is 14.2 Å². The van der Waals surface area contributed by atoms with Crippen molar-refractivity contribution < 1.29 is 19.0 Å². The van der Waals surface area contributed by atoms with Gasteiger partial charge in [-0.05, 0) is 62.6 Å². The fourth-order valence-corrected chi connectivity index (χ4v) is 6.25. The number of thiazole rings is 1. The molecule has 3 aromatic carbocycles. The Morgan fingerprint density at radius 1 is 1.02 bits per heavy atom. The second-order valence-electron chi connectivity index (χ2n) is 10.0. The monoisotopic (exact) mass is 646 g/mol. The molecule has 0 bridgehead atoms. The summed E-state index contributed by atoms with van der Waals surface area (Å²) in [7, 11) is 1.58. The van der Waals surface area contributed by atoms with E-state index in [1.165, 1.54) is 16.9 Å². The third-order valence-electron chi connectivity index (χ3n) is 6.99. The van der Waals surface area contributed by atoms with Crippen molar-refractivity contribution in [3.8, 4) is 11.5 Å². The summed E-state index contributed by atoms with van der Waals surface area (Å²) in [6, 6.07) is 19.0. The minimum absolute atomic E-state index is 0.223. The average molecular weight is 648 g/mol. The Morgan fingerprint density at radius 3 is 2.33 bits per heavy atom. The molecule has 0 fully saturated rings. The van der Waals surface area contributed by atoms with Gasteiger partial charge in [-0.3, -0.25) is 9.36 Å². The Labute approximate surface area is 256 Å². The van der Waals surface area contributed by atoms with E-state index in [1.807, 2.05) is 74.5 Å². The van der Waals surface area contributed by atoms with Crippen LogP contribution >= 0.6 is 27.3 Å². The van der Waals surface area contributed by atoms with Crippen LogP contribution in [0.15, 0.2) is 86.2 Å². The molecule has 0 spiro atoms. The highest BCUT2D eigenvalue weighted by Crippen LogP contribution is 2.35. The number of methoxy groups -OCH3 is 1. The summed E-state index contributed by atoms with van der Waals surface area (Å²) in [6.07, 6.45) is 1.80. The lowest BCUT2D eigenvalue weighted by Gasteiger charge is -2.24. The van der Waals surface area contributed by atoms with Gasteiger partial charge >= 0.3 is 5.97 Å². The molecule has 1 aromatic heterocycles. The van der Waals surface area contributed by atoms with Gasteiger partial charge in [0.15, 0.2) is 16.3 Å². The van der Waals surface area contributed by atoms with E-state index in [9.17, 15) is 9.59 Å². The molecular formula is C33H31BrN2O5S. The van der Waals surface area contributed by atoms with Gasteiger partial charge in [0.05, 0.1) is 35.6 Å². The van der Waals surface area contributed by atoms with Crippen LogP contribution in [0.3, 0.4) is 0 Å². The maximum absolute atomic E-state index is 14.0. The van der Waals surface area contributed by atoms with Gasteiger partial charge in [-0.1, -0.05) is 86.9 Å². The average Bonchev–Trinajstić information content (AvgIpc) is 3.27. The lowest BCUT2D eigenvalue weighted by atomic mass is 9.95. The zero-order chi connectivity index (χ0) is 30.0. The number of halogens is 1. The molecule has 1 aliphatic heterocycles. The minimum Gasteiger partial charge on any atom is -0.493 e. The van der Waals surface area contributed by atoms with Crippen LogP contribution in [0, 0.1) is 13.8 Å². The Hall–Kier alpha value is -3.95. The van der Waals surface area contributed by atoms with Crippen molar-refractivity contribution in [2.75, 3.05) is 13.7 Å². The van der Waals surface area contributed by atoms with Crippen LogP contribution in [0.25, 0.3) is 6.08 Å². The lowest BCUT2D eigenvalue weighted by Crippen LogP contribution is -2.39. The first-order valence-corrected chi connectivity index (χ1v) is 15.1. The highest BCUT2D eigenvalue weighted by molar-refractivity contribution is 9.10. The Morgan fingerprint density at radius 2 is 1.69 bits per heavy atom. The number of aryl methyl sites for hydroxylation is 2. The molecule has 5 rings (SSSR count). The van der Waals surface area contributed by atoms with E-state index < -0.39 is 12.0 Å². The molecule has 0 radical (unpaired) electrons. The molecule has 42 heavy (non-hydrogen) atoms. The molecule has 1 atom stereocenters. The van der Waals surface area contributed by atoms with Crippen LogP contribution in [0.4, 0.5) is 0 Å². The highest BCUT2D eigenvalue weighted by atomic mass is 79.9. The molecule has 9 heteroatoms. The van der Waals surface area contributed by atoms with Crippen molar-refractivity contribution in [1.29, 1.82) is 0 Å². The number of rotatable bonds is 8. The van der Waals surface area contributed by atoms with Gasteiger partial charge in [0.25, 0.3) is 5.56 Å². The fourth-order valence-electron chi connectivity index (χ4n) is 4.78. The standard InChI is InChI=1S/C33H31BrN2O5S/c1-6-40-32(38)29-21(4)35-33-36(30(29)23-13-9-20(3)10-14-23)31(37)28(42-33)16-24-15-26(39-5)27(17-25(24)34)41-18-22-11-7-19(2)8-12-22/h7-17,30H,6,18H2,1-5H3/b28-16+/t30-/m0/s1. The van der Waals surface area contributed by atoms with E-state index in [0.29, 0.717) is 38.7 Å². The van der Waals surface area contributed by atoms with E-state index in [2.05, 4.69) is 20.9 Å². The highest BCUT2D eigenvalue weighted by Gasteiger charge is 2.33. The van der Waals surface area contributed by atoms with E-state index in [0.717, 1.165) is 26.7 Å². The SMILES string of the molecule is CCOC(=O)C1=C(C)N=c2s/c(=C/c3cc(OC)c(OCc4ccc(C)cc4)cc3Br)c(=O)n2[C@H]1c1ccc(C)cc1. The van der Waals surface area contributed by atoms with Crippen LogP contribution in [-0.2, 0) is 16.1 Å². The number of hydrogen-bond donors (Lipinski definition) is 0. The molecule has 0 aliphatic carbocycles. The quantitative estimate of drug-likeness (QED) is 0.227. The number of ether oxygens (including phenoxy) is 3. The number of nitrogens with zero attached hydrogens (tertiary/aromatic N) is 2. The number of esters is 1. The van der Waals surface area contributed by atoms with E-state index >= 15 is 0 Å². The summed E-state index contributed by atoms with van der Waals surface area (Å²) in [5, 5.41) is 0. The molecule has 0 amide bonds. The van der Waals surface area contributed by atoms with Crippen molar-refractivity contribution in [2.24, 2.45) is 4.99 Å². The largest absolute Gasteiger partial charge is 0.493 e. The number of carbonyl (C=O) groups is 1. The molecule has 0 saturated heterocycles. The summed E-state index contributed by atoms with van der Waals surface area (Å²) in [6.45, 7) is 8.19. The molecule has 0 N–H and O–H groups in total. The second-order valence-corrected chi connectivity index (χ2v) is 11.9. The summed E-state index contributed by atoms with van der Waals surface area (Å²) < 4.78 is 19.9. The third-order valence-corrected chi connectivity index (χ3v) is 8.66. The normalized spacial score (nSPS) is 14.8. The maximum atomic E-state index is 14.0. The van der Waals surface area contributed by atoms with Crippen LogP contribution in [0.5, 0.6) is 11.5 Å². The topological polar surface area (TPSA) is 79.1 Å². The molecule has 0 saturated carbocycles. The first kappa shape index (κ1) is 29.5. The number of carbonyl (C=O) groups excluding carboxylic acids is 1. The summed E-state index contributed by atoms with van der Waals surface area (Å²) in [5.41, 5.74) is 5.51. The number of hydrogen-bond acceptors (Lipinski definition) is 7. The molecule has 0 unspecified atom stereocenters. The van der Waals surface area contributed by atoms with Crippen molar-refractivity contribution in [3.63, 3.8) is 0 Å². The van der Waals surface area contributed by atoms with Crippen LogP contribution in [0.1, 0.15) is 47.7 Å². The molecule has 1 aliphatic rings. The van der Waals surface area contributed by atoms with Gasteiger partial charge in [0.1, 0.15) is 6.61 Å². The summed E-state index contributed by atoms with van der Waals surface area (Å²) in [4.78, 5) is 32.2. The maximum Gasteiger partial charge on any atom is 0.338 e. The molecule has 7 nitrogen and oxygen atoms in total. The molecule has 216 valence electrons. The van der Waals surface area contributed by atoms with Crippen LogP contribution in [0.2, 0.25) is 0 Å². The number of allylic oxidation sites excluding steroid dienone is 1. The number of fused-ring (bicyclic) bond motifs is 1. The molecule has 2 heterocycles. The van der Waals surface area contributed by atoms with Crippen molar-refractivity contribution in [3.05, 3.63) is 124 Å². The van der Waals surface area contributed by atoms with Crippen molar-refractivity contribution >= 4 is 39.3 Å². The predicted octanol–water partition coefficient (Wildman–Crippen LogP) is 5.77. The number of benzene rings is 3. The second kappa shape index (κ2) is 12.5. The van der Waals surface area contributed by atoms with Crippen LogP contribution in [-0.4, -0.2) is 24.3 Å². The fraction of sp³-hybridized carbons (Fsp3) is 0.242. The third kappa shape index (κ3) is 5.98. The lowest BCUT2D eigenvalue weighted by molar-refractivity contribution is -0.139. The summed E-state index contributed by atoms with van der Waals surface area (Å²) in [5.74, 6) is 0.646. The minimum atomic E-state index is -0.654. The first-order valence-electron chi connectivity index (χ1n) is 13.5. The predicted molar refractivity (Wildman–Crippen MR) is 168 cm³/mol. The Balaban J connectivity index is 1.57. The van der Waals surface area contributed by atoms with Gasteiger partial charge in [-0.15, -0.1) is 0 Å².